The highest BCUT2D eigenvalue weighted by atomic mass is 19.4. The van der Waals surface area contributed by atoms with Crippen molar-refractivity contribution in [3.63, 3.8) is 0 Å². The van der Waals surface area contributed by atoms with Crippen molar-refractivity contribution in [3.8, 4) is 5.75 Å². The van der Waals surface area contributed by atoms with Crippen molar-refractivity contribution in [1.29, 1.82) is 0 Å². The maximum atomic E-state index is 13.3. The molecule has 0 spiro atoms. The van der Waals surface area contributed by atoms with Crippen molar-refractivity contribution in [2.75, 3.05) is 7.11 Å². The number of carboxylic acid groups (broad SMARTS) is 1. The van der Waals surface area contributed by atoms with E-state index in [9.17, 15) is 27.6 Å². The number of nitrogens with two attached hydrogens (primary N) is 1. The molecule has 0 aliphatic carbocycles. The van der Waals surface area contributed by atoms with Gasteiger partial charge >= 0.3 is 18.1 Å². The van der Waals surface area contributed by atoms with Gasteiger partial charge in [-0.25, -0.2) is 4.79 Å². The molecule has 1 aliphatic rings. The zero-order chi connectivity index (χ0) is 22.1. The molecule has 2 rings (SSSR count). The van der Waals surface area contributed by atoms with E-state index >= 15 is 0 Å². The van der Waals surface area contributed by atoms with Gasteiger partial charge in [-0.05, 0) is 26.7 Å². The molecule has 0 radical (unpaired) electrons. The maximum Gasteiger partial charge on any atom is 0.454 e. The highest BCUT2D eigenvalue weighted by Crippen LogP contribution is 2.43. The van der Waals surface area contributed by atoms with Crippen molar-refractivity contribution >= 4 is 17.7 Å². The van der Waals surface area contributed by atoms with E-state index in [0.29, 0.717) is 11.1 Å². The molecule has 29 heavy (non-hydrogen) atoms. The molecule has 0 saturated heterocycles. The third kappa shape index (κ3) is 4.42. The number of rotatable bonds is 7. The van der Waals surface area contributed by atoms with Crippen LogP contribution in [0.4, 0.5) is 13.2 Å². The maximum absolute atomic E-state index is 13.3. The second-order valence-corrected chi connectivity index (χ2v) is 6.60. The van der Waals surface area contributed by atoms with E-state index in [0.717, 1.165) is 0 Å². The number of carbonyl (C=O) groups excluding carboxylic acids is 2. The first-order valence-corrected chi connectivity index (χ1v) is 8.58. The highest BCUT2D eigenvalue weighted by molar-refractivity contribution is 6.12. The van der Waals surface area contributed by atoms with E-state index in [1.54, 1.807) is 6.92 Å². The van der Waals surface area contributed by atoms with Crippen LogP contribution in [-0.4, -0.2) is 36.1 Å². The van der Waals surface area contributed by atoms with E-state index in [-0.39, 0.29) is 36.1 Å². The summed E-state index contributed by atoms with van der Waals surface area (Å²) >= 11 is 0. The number of carboxylic acids is 1. The lowest BCUT2D eigenvalue weighted by atomic mass is 9.87. The number of ether oxygens (including phenoxy) is 2. The molecule has 158 valence electrons. The minimum Gasteiger partial charge on any atom is -0.496 e. The van der Waals surface area contributed by atoms with Gasteiger partial charge in [0.1, 0.15) is 5.75 Å². The van der Waals surface area contributed by atoms with Gasteiger partial charge < -0.3 is 14.6 Å². The number of fused-ring (bicyclic) bond motifs is 1. The lowest BCUT2D eigenvalue weighted by molar-refractivity contribution is -0.136. The number of Topliss-reactive ketones (excluding diaryl/α,β-unsaturated/α-hetero) is 1. The summed E-state index contributed by atoms with van der Waals surface area (Å²) in [5, 5.41) is 8.75. The molecule has 1 heterocycles. The van der Waals surface area contributed by atoms with Crippen LogP contribution in [0.3, 0.4) is 0 Å². The third-order valence-corrected chi connectivity index (χ3v) is 4.64. The summed E-state index contributed by atoms with van der Waals surface area (Å²) in [6.07, 6.45) is -5.21. The lowest BCUT2D eigenvalue weighted by Crippen LogP contribution is -2.27. The Bertz CT molecular complexity index is 904. The molecule has 1 unspecified atom stereocenters. The second kappa shape index (κ2) is 8.24. The largest absolute Gasteiger partial charge is 0.496 e. The van der Waals surface area contributed by atoms with E-state index in [1.165, 1.54) is 20.1 Å². The first-order chi connectivity index (χ1) is 13.4. The van der Waals surface area contributed by atoms with Crippen molar-refractivity contribution < 1.29 is 42.1 Å². The van der Waals surface area contributed by atoms with Gasteiger partial charge in [0, 0.05) is 28.7 Å². The van der Waals surface area contributed by atoms with Gasteiger partial charge in [-0.3, -0.25) is 15.3 Å². The van der Waals surface area contributed by atoms with E-state index in [2.05, 4.69) is 0 Å². The number of alkyl halides is 3. The Morgan fingerprint density at radius 2 is 1.93 bits per heavy atom. The van der Waals surface area contributed by atoms with Crippen molar-refractivity contribution in [3.05, 3.63) is 39.5 Å². The molecule has 1 aromatic rings. The Labute approximate surface area is 164 Å². The normalized spacial score (nSPS) is 16.4. The van der Waals surface area contributed by atoms with Gasteiger partial charge in [0.15, 0.2) is 6.23 Å². The van der Waals surface area contributed by atoms with Crippen molar-refractivity contribution in [2.45, 2.75) is 45.5 Å². The Hall–Kier alpha value is -2.88. The summed E-state index contributed by atoms with van der Waals surface area (Å²) in [5.74, 6) is -4.34. The van der Waals surface area contributed by atoms with Crippen LogP contribution in [0.2, 0.25) is 0 Å². The minimum atomic E-state index is -5.24. The van der Waals surface area contributed by atoms with E-state index in [1.807, 2.05) is 0 Å². The van der Waals surface area contributed by atoms with Crippen LogP contribution in [0.25, 0.3) is 0 Å². The zero-order valence-corrected chi connectivity index (χ0v) is 16.0. The Balaban J connectivity index is 2.71. The van der Waals surface area contributed by atoms with Crippen molar-refractivity contribution in [1.82, 2.24) is 0 Å². The Morgan fingerprint density at radius 3 is 2.45 bits per heavy atom. The number of aliphatic carboxylic acids is 1. The average Bonchev–Trinajstić information content (AvgIpc) is 2.91. The number of hydrogen-bond donors (Lipinski definition) is 2. The predicted molar refractivity (Wildman–Crippen MR) is 94.8 cm³/mol. The number of cyclic esters (lactones) is 1. The molecular weight excluding hydrogens is 395 g/mol. The van der Waals surface area contributed by atoms with Gasteiger partial charge in [0.05, 0.1) is 12.7 Å². The number of benzene rings is 1. The molecule has 1 aromatic carbocycles. The molecule has 0 saturated carbocycles. The summed E-state index contributed by atoms with van der Waals surface area (Å²) in [6.45, 7) is 3.12. The molecule has 0 bridgehead atoms. The molecule has 0 amide bonds. The summed E-state index contributed by atoms with van der Waals surface area (Å²) in [4.78, 5) is 35.1. The number of ketones is 1. The smallest absolute Gasteiger partial charge is 0.454 e. The zero-order valence-electron chi connectivity index (χ0n) is 16.0. The first-order valence-electron chi connectivity index (χ1n) is 8.58. The third-order valence-electron chi connectivity index (χ3n) is 4.64. The van der Waals surface area contributed by atoms with Gasteiger partial charge in [-0.2, -0.15) is 13.2 Å². The molecule has 3 N–H and O–H groups in total. The van der Waals surface area contributed by atoms with Crippen molar-refractivity contribution in [2.24, 2.45) is 5.73 Å². The van der Waals surface area contributed by atoms with Crippen LogP contribution < -0.4 is 10.5 Å². The van der Waals surface area contributed by atoms with Gasteiger partial charge in [-0.1, -0.05) is 11.6 Å². The predicted octanol–water partition coefficient (Wildman–Crippen LogP) is 3.23. The van der Waals surface area contributed by atoms with Crippen LogP contribution >= 0.6 is 0 Å². The minimum absolute atomic E-state index is 0.00705. The van der Waals surface area contributed by atoms with E-state index in [4.69, 9.17) is 20.3 Å². The van der Waals surface area contributed by atoms with Crippen LogP contribution in [0.1, 0.15) is 63.4 Å². The van der Waals surface area contributed by atoms with Crippen LogP contribution in [0.15, 0.2) is 11.6 Å². The quantitative estimate of drug-likeness (QED) is 0.399. The van der Waals surface area contributed by atoms with Gasteiger partial charge in [0.2, 0.25) is 0 Å². The Kier molecular flexibility index (Phi) is 6.37. The SMILES string of the molecule is COc1c(C)c2c(c(C(=O)C(F)(F)F)c1CC=C(C)CCC(=O)O)C(=O)OC2N. The molecule has 1 aliphatic heterocycles. The number of methoxy groups -OCH3 is 1. The number of esters is 1. The van der Waals surface area contributed by atoms with E-state index < -0.39 is 41.3 Å². The fourth-order valence-electron chi connectivity index (χ4n) is 3.28. The molecule has 1 atom stereocenters. The van der Waals surface area contributed by atoms with Crippen LogP contribution in [-0.2, 0) is 16.0 Å². The molecule has 7 nitrogen and oxygen atoms in total. The lowest BCUT2D eigenvalue weighted by Gasteiger charge is -2.20. The molecule has 0 fully saturated rings. The number of allylic oxidation sites excluding steroid dienone is 2. The molecule has 0 aromatic heterocycles. The summed E-state index contributed by atoms with van der Waals surface area (Å²) < 4.78 is 50.0. The fraction of sp³-hybridized carbons (Fsp3) is 0.421. The van der Waals surface area contributed by atoms with Crippen LogP contribution in [0, 0.1) is 6.92 Å². The standard InChI is InChI=1S/C19H20F3NO6/c1-8(5-7-11(24)25)4-6-10-13(16(26)19(20,21)22)14-12(9(2)15(10)28-3)17(23)29-18(14)27/h4,17H,5-7,23H2,1-3H3,(H,24,25). The summed E-state index contributed by atoms with van der Waals surface area (Å²) in [6, 6.07) is 0. The molecular formula is C19H20F3NO6. The van der Waals surface area contributed by atoms with Gasteiger partial charge in [-0.15, -0.1) is 0 Å². The summed E-state index contributed by atoms with van der Waals surface area (Å²) in [7, 11) is 1.23. The average molecular weight is 415 g/mol. The summed E-state index contributed by atoms with van der Waals surface area (Å²) in [5.41, 5.74) is 5.10. The number of hydrogen-bond acceptors (Lipinski definition) is 6. The monoisotopic (exact) mass is 415 g/mol. The van der Waals surface area contributed by atoms with Gasteiger partial charge in [0.25, 0.3) is 5.78 Å². The fourth-order valence-corrected chi connectivity index (χ4v) is 3.28. The topological polar surface area (TPSA) is 116 Å². The Morgan fingerprint density at radius 1 is 1.31 bits per heavy atom. The van der Waals surface area contributed by atoms with Crippen LogP contribution in [0.5, 0.6) is 5.75 Å². The first kappa shape index (κ1) is 22.4. The number of carbonyl (C=O) groups is 3. The molecule has 10 heteroatoms. The highest BCUT2D eigenvalue weighted by Gasteiger charge is 2.47. The second-order valence-electron chi connectivity index (χ2n) is 6.60. The number of halogens is 3.